The summed E-state index contributed by atoms with van der Waals surface area (Å²) in [6, 6.07) is 2.22. The van der Waals surface area contributed by atoms with E-state index in [4.69, 9.17) is 4.74 Å². The van der Waals surface area contributed by atoms with Crippen molar-refractivity contribution in [3.63, 3.8) is 0 Å². The van der Waals surface area contributed by atoms with Crippen LogP contribution in [0.1, 0.15) is 113 Å². The molecule has 0 spiro atoms. The van der Waals surface area contributed by atoms with Gasteiger partial charge in [-0.15, -0.1) is 0 Å². The molecule has 40 heavy (non-hydrogen) atoms. The zero-order valence-electron chi connectivity index (χ0n) is 26.2. The number of carbonyl (C=O) groups is 2. The van der Waals surface area contributed by atoms with E-state index < -0.39 is 16.9 Å². The molecule has 220 valence electrons. The van der Waals surface area contributed by atoms with E-state index >= 15 is 0 Å². The zero-order chi connectivity index (χ0) is 29.5. The van der Waals surface area contributed by atoms with Crippen molar-refractivity contribution in [1.82, 2.24) is 0 Å². The van der Waals surface area contributed by atoms with E-state index in [-0.39, 0.29) is 50.8 Å². The molecule has 0 radical (unpaired) electrons. The monoisotopic (exact) mass is 549 g/mol. The van der Waals surface area contributed by atoms with Gasteiger partial charge >= 0.3 is 5.97 Å². The topological polar surface area (TPSA) is 87.4 Å². The fourth-order valence-corrected chi connectivity index (χ4v) is 11.0. The number of nitrogens with zero attached hydrogens (tertiary/aromatic N) is 1. The molecule has 0 heterocycles. The summed E-state index contributed by atoms with van der Waals surface area (Å²) in [6.45, 7) is 18.1. The largest absolute Gasteiger partial charge is 0.466 e. The van der Waals surface area contributed by atoms with Crippen molar-refractivity contribution in [3.8, 4) is 6.07 Å². The van der Waals surface area contributed by atoms with Gasteiger partial charge in [0.2, 0.25) is 0 Å². The Labute approximate surface area is 241 Å². The van der Waals surface area contributed by atoms with Crippen molar-refractivity contribution in [3.05, 3.63) is 23.3 Å². The molecule has 0 aromatic carbocycles. The first-order valence-electron chi connectivity index (χ1n) is 15.8. The number of ketones is 1. The van der Waals surface area contributed by atoms with Crippen molar-refractivity contribution in [2.24, 2.45) is 50.2 Å². The lowest BCUT2D eigenvalue weighted by molar-refractivity contribution is -0.189. The van der Waals surface area contributed by atoms with Gasteiger partial charge in [-0.3, -0.25) is 9.59 Å². The van der Waals surface area contributed by atoms with Gasteiger partial charge in [0.05, 0.1) is 18.3 Å². The van der Waals surface area contributed by atoms with E-state index in [1.54, 1.807) is 0 Å². The van der Waals surface area contributed by atoms with Crippen LogP contribution in [0.5, 0.6) is 0 Å². The van der Waals surface area contributed by atoms with E-state index in [0.29, 0.717) is 18.9 Å². The normalized spacial score (nSPS) is 45.0. The molecule has 0 aromatic rings. The maximum absolute atomic E-state index is 13.3. The molecule has 5 heteroatoms. The smallest absolute Gasteiger partial charge is 0.305 e. The minimum Gasteiger partial charge on any atom is -0.466 e. The molecule has 3 unspecified atom stereocenters. The molecule has 5 nitrogen and oxygen atoms in total. The third-order valence-electron chi connectivity index (χ3n) is 13.4. The highest BCUT2D eigenvalue weighted by molar-refractivity contribution is 6.04. The molecule has 0 aliphatic heterocycles. The maximum atomic E-state index is 13.3. The van der Waals surface area contributed by atoms with Crippen LogP contribution in [0.15, 0.2) is 23.3 Å². The number of aliphatic hydroxyl groups excluding tert-OH is 1. The maximum Gasteiger partial charge on any atom is 0.305 e. The summed E-state index contributed by atoms with van der Waals surface area (Å²) in [7, 11) is 0. The van der Waals surface area contributed by atoms with Crippen LogP contribution in [-0.4, -0.2) is 29.6 Å². The lowest BCUT2D eigenvalue weighted by Crippen LogP contribution is -2.65. The van der Waals surface area contributed by atoms with Crippen LogP contribution in [0.2, 0.25) is 0 Å². The lowest BCUT2D eigenvalue weighted by Gasteiger charge is -2.71. The first-order valence-corrected chi connectivity index (χ1v) is 15.8. The standard InChI is InChI=1S/C35H51NO4/c1-9-40-27(38)11-13-35-16-14-30(2,3)20-23(35)28-24(37)18-26-32(6)19-22(21-36)29(39)31(4,5)25(32)10-12-33(26,7)34(28,8)15-17-35/h18-19,23-25,28,37H,9-17,20H2,1-8H3/t23?,24?,25-,28?,32-,33+,34+,35+/m0/s1. The zero-order valence-corrected chi connectivity index (χ0v) is 26.2. The SMILES string of the molecule is CCOC(=O)CC[C@]12CCC(C)(C)CC1C1C(O)C=C3[C@@]4(C)C=C(C#N)C(=O)C(C)(C)[C@@H]4CC[C@@]3(C)[C@]1(C)CC2. The third-order valence-corrected chi connectivity index (χ3v) is 13.4. The molecule has 0 aromatic heterocycles. The van der Waals surface area contributed by atoms with Crippen LogP contribution in [0, 0.1) is 61.6 Å². The van der Waals surface area contributed by atoms with Crippen LogP contribution >= 0.6 is 0 Å². The van der Waals surface area contributed by atoms with E-state index in [1.165, 1.54) is 5.57 Å². The highest BCUT2D eigenvalue weighted by Crippen LogP contribution is 2.75. The second-order valence-corrected chi connectivity index (χ2v) is 16.1. The number of hydrogen-bond acceptors (Lipinski definition) is 5. The highest BCUT2D eigenvalue weighted by atomic mass is 16.5. The molecule has 5 rings (SSSR count). The van der Waals surface area contributed by atoms with Gasteiger partial charge in [0.25, 0.3) is 0 Å². The molecule has 3 fully saturated rings. The number of nitriles is 1. The number of allylic oxidation sites excluding steroid dienone is 3. The molecule has 5 aliphatic rings. The summed E-state index contributed by atoms with van der Waals surface area (Å²) in [4.78, 5) is 25.8. The van der Waals surface area contributed by atoms with Crippen LogP contribution in [-0.2, 0) is 14.3 Å². The van der Waals surface area contributed by atoms with Crippen LogP contribution in [0.4, 0.5) is 0 Å². The molecule has 0 saturated heterocycles. The fraction of sp³-hybridized carbons (Fsp3) is 0.800. The van der Waals surface area contributed by atoms with E-state index in [1.807, 2.05) is 26.8 Å². The Hall–Kier alpha value is -1.93. The first-order chi connectivity index (χ1) is 18.5. The number of esters is 1. The number of fused-ring (bicyclic) bond motifs is 7. The number of rotatable bonds is 4. The molecule has 5 aliphatic carbocycles. The van der Waals surface area contributed by atoms with Gasteiger partial charge in [-0.05, 0) is 97.7 Å². The Morgan fingerprint density at radius 1 is 1.07 bits per heavy atom. The molecule has 0 bridgehead atoms. The summed E-state index contributed by atoms with van der Waals surface area (Å²) in [5.41, 5.74) is 0.409. The number of hydrogen-bond donors (Lipinski definition) is 1. The van der Waals surface area contributed by atoms with Crippen molar-refractivity contribution >= 4 is 11.8 Å². The van der Waals surface area contributed by atoms with Crippen LogP contribution in [0.3, 0.4) is 0 Å². The van der Waals surface area contributed by atoms with Crippen molar-refractivity contribution in [2.45, 2.75) is 119 Å². The molecule has 1 N–H and O–H groups in total. The van der Waals surface area contributed by atoms with Gasteiger partial charge in [0.15, 0.2) is 5.78 Å². The predicted octanol–water partition coefficient (Wildman–Crippen LogP) is 7.34. The Morgan fingerprint density at radius 3 is 2.40 bits per heavy atom. The Kier molecular flexibility index (Phi) is 6.86. The summed E-state index contributed by atoms with van der Waals surface area (Å²) in [5, 5.41) is 22.1. The second kappa shape index (κ2) is 9.29. The van der Waals surface area contributed by atoms with Crippen molar-refractivity contribution in [1.29, 1.82) is 5.26 Å². The number of carbonyl (C=O) groups excluding carboxylic acids is 2. The van der Waals surface area contributed by atoms with Gasteiger partial charge in [0.1, 0.15) is 6.07 Å². The fourth-order valence-electron chi connectivity index (χ4n) is 11.0. The van der Waals surface area contributed by atoms with Gasteiger partial charge in [-0.25, -0.2) is 0 Å². The first kappa shape index (κ1) is 29.6. The average Bonchev–Trinajstić information content (AvgIpc) is 2.87. The molecule has 3 saturated carbocycles. The van der Waals surface area contributed by atoms with Crippen LogP contribution in [0.25, 0.3) is 0 Å². The summed E-state index contributed by atoms with van der Waals surface area (Å²) in [6.07, 6.45) is 12.1. The average molecular weight is 550 g/mol. The van der Waals surface area contributed by atoms with Gasteiger partial charge in [-0.2, -0.15) is 5.26 Å². The van der Waals surface area contributed by atoms with Gasteiger partial charge in [-0.1, -0.05) is 66.2 Å². The number of aliphatic hydroxyl groups is 1. The number of Topliss-reactive ketones (excluding diaryl/α,β-unsaturated/α-hetero) is 1. The second-order valence-electron chi connectivity index (χ2n) is 16.1. The number of ether oxygens (including phenoxy) is 1. The summed E-state index contributed by atoms with van der Waals surface area (Å²) < 4.78 is 5.34. The lowest BCUT2D eigenvalue weighted by atomic mass is 9.34. The quantitative estimate of drug-likeness (QED) is 0.293. The summed E-state index contributed by atoms with van der Waals surface area (Å²) in [5.74, 6) is 0.379. The van der Waals surface area contributed by atoms with E-state index in [9.17, 15) is 20.0 Å². The van der Waals surface area contributed by atoms with Gasteiger partial charge in [0, 0.05) is 17.3 Å². The minimum atomic E-state index is -0.623. The van der Waals surface area contributed by atoms with Crippen LogP contribution < -0.4 is 0 Å². The Bertz CT molecular complexity index is 1200. The highest BCUT2D eigenvalue weighted by Gasteiger charge is 2.69. The Balaban J connectivity index is 1.62. The molecule has 0 amide bonds. The van der Waals surface area contributed by atoms with Crippen molar-refractivity contribution in [2.75, 3.05) is 6.61 Å². The molecular formula is C35H51NO4. The van der Waals surface area contributed by atoms with Gasteiger partial charge < -0.3 is 9.84 Å². The third kappa shape index (κ3) is 3.94. The summed E-state index contributed by atoms with van der Waals surface area (Å²) >= 11 is 0. The van der Waals surface area contributed by atoms with Crippen molar-refractivity contribution < 1.29 is 19.4 Å². The van der Waals surface area contributed by atoms with E-state index in [2.05, 4.69) is 46.8 Å². The predicted molar refractivity (Wildman–Crippen MR) is 156 cm³/mol. The molecular weight excluding hydrogens is 498 g/mol. The Morgan fingerprint density at radius 2 is 1.75 bits per heavy atom. The van der Waals surface area contributed by atoms with E-state index in [0.717, 1.165) is 51.4 Å². The molecule has 8 atom stereocenters. The minimum absolute atomic E-state index is 0.0450.